The second kappa shape index (κ2) is 6.21. The third kappa shape index (κ3) is 4.69. The molecule has 0 aromatic carbocycles. The molecule has 0 saturated carbocycles. The predicted octanol–water partition coefficient (Wildman–Crippen LogP) is 1.11. The normalized spacial score (nSPS) is 14.7. The van der Waals surface area contributed by atoms with Gasteiger partial charge in [0.1, 0.15) is 5.69 Å². The number of hydrogen-bond donors (Lipinski definition) is 2. The van der Waals surface area contributed by atoms with E-state index in [1.807, 2.05) is 49.7 Å². The summed E-state index contributed by atoms with van der Waals surface area (Å²) in [6, 6.07) is 3.88. The Balaban J connectivity index is 2.63. The zero-order valence-electron chi connectivity index (χ0n) is 12.5. The first-order valence-corrected chi connectivity index (χ1v) is 6.55. The molecule has 1 unspecified atom stereocenters. The first kappa shape index (κ1) is 15.7. The largest absolute Gasteiger partial charge is 0.387 e. The van der Waals surface area contributed by atoms with Crippen LogP contribution in [0.3, 0.4) is 0 Å². The summed E-state index contributed by atoms with van der Waals surface area (Å²) in [4.78, 5) is 14.0. The monoisotopic (exact) mass is 267 g/mol. The first-order chi connectivity index (χ1) is 8.73. The van der Waals surface area contributed by atoms with Gasteiger partial charge in [-0.25, -0.2) is 0 Å². The Morgan fingerprint density at radius 3 is 2.68 bits per heavy atom. The minimum atomic E-state index is -0.936. The second-order valence-corrected chi connectivity index (χ2v) is 5.81. The summed E-state index contributed by atoms with van der Waals surface area (Å²) in [5.74, 6) is -0.155. The lowest BCUT2D eigenvalue weighted by molar-refractivity contribution is 0.0324. The van der Waals surface area contributed by atoms with Crippen LogP contribution in [0.4, 0.5) is 0 Å². The van der Waals surface area contributed by atoms with Crippen molar-refractivity contribution in [3.63, 3.8) is 0 Å². The van der Waals surface area contributed by atoms with Crippen molar-refractivity contribution in [3.05, 3.63) is 24.0 Å². The molecule has 0 aliphatic heterocycles. The number of aromatic nitrogens is 1. The van der Waals surface area contributed by atoms with Gasteiger partial charge in [-0.15, -0.1) is 0 Å². The Morgan fingerprint density at radius 1 is 1.53 bits per heavy atom. The van der Waals surface area contributed by atoms with E-state index in [-0.39, 0.29) is 18.5 Å². The van der Waals surface area contributed by atoms with E-state index in [0.717, 1.165) is 0 Å². The van der Waals surface area contributed by atoms with Gasteiger partial charge >= 0.3 is 0 Å². The van der Waals surface area contributed by atoms with Gasteiger partial charge in [0.2, 0.25) is 0 Å². The molecule has 1 atom stereocenters. The molecule has 5 heteroatoms. The van der Waals surface area contributed by atoms with E-state index < -0.39 is 5.60 Å². The number of carbonyl (C=O) groups excluding carboxylic acids is 1. The minimum Gasteiger partial charge on any atom is -0.387 e. The molecule has 19 heavy (non-hydrogen) atoms. The predicted molar refractivity (Wildman–Crippen MR) is 76.3 cm³/mol. The fraction of sp³-hybridized carbons (Fsp3) is 0.643. The van der Waals surface area contributed by atoms with E-state index in [9.17, 15) is 9.90 Å². The van der Waals surface area contributed by atoms with Gasteiger partial charge in [-0.3, -0.25) is 4.79 Å². The van der Waals surface area contributed by atoms with Crippen molar-refractivity contribution in [1.29, 1.82) is 0 Å². The van der Waals surface area contributed by atoms with Gasteiger partial charge < -0.3 is 19.9 Å². The van der Waals surface area contributed by atoms with E-state index in [1.54, 1.807) is 13.0 Å². The smallest absolute Gasteiger partial charge is 0.268 e. The van der Waals surface area contributed by atoms with Crippen LogP contribution in [0, 0.1) is 0 Å². The van der Waals surface area contributed by atoms with Gasteiger partial charge in [-0.2, -0.15) is 0 Å². The molecule has 5 nitrogen and oxygen atoms in total. The average molecular weight is 267 g/mol. The van der Waals surface area contributed by atoms with Gasteiger partial charge in [0.25, 0.3) is 5.91 Å². The summed E-state index contributed by atoms with van der Waals surface area (Å²) in [5, 5.41) is 12.9. The van der Waals surface area contributed by atoms with Crippen molar-refractivity contribution in [2.75, 3.05) is 27.2 Å². The number of amides is 1. The summed E-state index contributed by atoms with van der Waals surface area (Å²) >= 11 is 0. The van der Waals surface area contributed by atoms with Crippen LogP contribution in [-0.2, 0) is 0 Å². The fourth-order valence-electron chi connectivity index (χ4n) is 2.13. The maximum atomic E-state index is 12.1. The molecule has 1 heterocycles. The Hall–Kier alpha value is -1.33. The van der Waals surface area contributed by atoms with E-state index in [4.69, 9.17) is 0 Å². The summed E-state index contributed by atoms with van der Waals surface area (Å²) in [6.45, 7) is 6.50. The number of nitrogens with one attached hydrogen (secondary N) is 1. The van der Waals surface area contributed by atoms with Crippen molar-refractivity contribution in [2.24, 2.45) is 0 Å². The number of aliphatic hydroxyl groups is 1. The molecule has 1 rings (SSSR count). The van der Waals surface area contributed by atoms with Crippen LogP contribution in [0.1, 0.15) is 37.3 Å². The highest BCUT2D eigenvalue weighted by Gasteiger charge is 2.23. The van der Waals surface area contributed by atoms with Crippen LogP contribution in [0.25, 0.3) is 0 Å². The number of carbonyl (C=O) groups is 1. The number of nitrogens with zero attached hydrogens (tertiary/aromatic N) is 2. The highest BCUT2D eigenvalue weighted by molar-refractivity contribution is 5.92. The first-order valence-electron chi connectivity index (χ1n) is 6.55. The highest BCUT2D eigenvalue weighted by Crippen LogP contribution is 2.11. The van der Waals surface area contributed by atoms with Crippen LogP contribution in [-0.4, -0.2) is 53.3 Å². The molecule has 2 N–H and O–H groups in total. The zero-order valence-corrected chi connectivity index (χ0v) is 12.5. The van der Waals surface area contributed by atoms with Crippen LogP contribution in [0.5, 0.6) is 0 Å². The lowest BCUT2D eigenvalue weighted by Crippen LogP contribution is -2.47. The zero-order chi connectivity index (χ0) is 14.6. The Bertz CT molecular complexity index is 422. The van der Waals surface area contributed by atoms with Crippen molar-refractivity contribution in [2.45, 2.75) is 32.4 Å². The fourth-order valence-corrected chi connectivity index (χ4v) is 2.13. The third-order valence-electron chi connectivity index (χ3n) is 2.85. The molecule has 1 aromatic rings. The van der Waals surface area contributed by atoms with Gasteiger partial charge in [0, 0.05) is 25.3 Å². The summed E-state index contributed by atoms with van der Waals surface area (Å²) in [6.07, 6.45) is 1.89. The number of likely N-dealkylation sites (N-methyl/N-ethyl adjacent to an activating group) is 1. The van der Waals surface area contributed by atoms with Crippen molar-refractivity contribution >= 4 is 5.91 Å². The highest BCUT2D eigenvalue weighted by atomic mass is 16.3. The lowest BCUT2D eigenvalue weighted by Gasteiger charge is -2.27. The minimum absolute atomic E-state index is 0.155. The van der Waals surface area contributed by atoms with Crippen LogP contribution in [0.15, 0.2) is 18.3 Å². The van der Waals surface area contributed by atoms with Crippen molar-refractivity contribution in [1.82, 2.24) is 14.8 Å². The summed E-state index contributed by atoms with van der Waals surface area (Å²) < 4.78 is 1.91. The topological polar surface area (TPSA) is 57.5 Å². The molecule has 0 bridgehead atoms. The molecule has 0 spiro atoms. The SMILES string of the molecule is CC(C)n1cccc1C(=O)NCC(C)(O)CN(C)C. The van der Waals surface area contributed by atoms with Crippen LogP contribution in [0.2, 0.25) is 0 Å². The molecular weight excluding hydrogens is 242 g/mol. The van der Waals surface area contributed by atoms with Gasteiger partial charge in [-0.05, 0) is 47.0 Å². The second-order valence-electron chi connectivity index (χ2n) is 5.81. The van der Waals surface area contributed by atoms with Gasteiger partial charge in [0.15, 0.2) is 0 Å². The van der Waals surface area contributed by atoms with Crippen molar-refractivity contribution < 1.29 is 9.90 Å². The number of rotatable bonds is 6. The molecular formula is C14H25N3O2. The van der Waals surface area contributed by atoms with Crippen LogP contribution < -0.4 is 5.32 Å². The van der Waals surface area contributed by atoms with Crippen molar-refractivity contribution in [3.8, 4) is 0 Å². The molecule has 0 aliphatic rings. The van der Waals surface area contributed by atoms with Crippen LogP contribution >= 0.6 is 0 Å². The van der Waals surface area contributed by atoms with E-state index in [1.165, 1.54) is 0 Å². The molecule has 108 valence electrons. The maximum absolute atomic E-state index is 12.1. The van der Waals surface area contributed by atoms with Gasteiger partial charge in [0.05, 0.1) is 5.60 Å². The molecule has 1 aromatic heterocycles. The molecule has 1 amide bonds. The summed E-state index contributed by atoms with van der Waals surface area (Å²) in [5.41, 5.74) is -0.315. The molecule has 0 radical (unpaired) electrons. The quantitative estimate of drug-likeness (QED) is 0.812. The molecule has 0 saturated heterocycles. The van der Waals surface area contributed by atoms with Gasteiger partial charge in [-0.1, -0.05) is 0 Å². The Labute approximate surface area is 115 Å². The third-order valence-corrected chi connectivity index (χ3v) is 2.85. The Kier molecular flexibility index (Phi) is 5.14. The molecule has 0 fully saturated rings. The Morgan fingerprint density at radius 2 is 2.16 bits per heavy atom. The molecule has 0 aliphatic carbocycles. The summed E-state index contributed by atoms with van der Waals surface area (Å²) in [7, 11) is 3.78. The maximum Gasteiger partial charge on any atom is 0.268 e. The van der Waals surface area contributed by atoms with E-state index in [0.29, 0.717) is 12.2 Å². The number of hydrogen-bond acceptors (Lipinski definition) is 3. The standard InChI is InChI=1S/C14H25N3O2/c1-11(2)17-8-6-7-12(17)13(18)15-9-14(3,19)10-16(4)5/h6-8,11,19H,9-10H2,1-5H3,(H,15,18). The average Bonchev–Trinajstić information content (AvgIpc) is 2.73. The lowest BCUT2D eigenvalue weighted by atomic mass is 10.1. The van der Waals surface area contributed by atoms with E-state index in [2.05, 4.69) is 5.32 Å². The van der Waals surface area contributed by atoms with E-state index >= 15 is 0 Å².